The largest absolute Gasteiger partial charge is 0.338 e. The van der Waals surface area contributed by atoms with E-state index in [0.29, 0.717) is 6.54 Å². The number of nitrogens with one attached hydrogen (secondary N) is 1. The van der Waals surface area contributed by atoms with Gasteiger partial charge in [-0.1, -0.05) is 13.3 Å². The van der Waals surface area contributed by atoms with Gasteiger partial charge in [0.25, 0.3) is 0 Å². The second kappa shape index (κ2) is 5.86. The molecule has 0 bridgehead atoms. The van der Waals surface area contributed by atoms with Gasteiger partial charge in [0.15, 0.2) is 0 Å². The van der Waals surface area contributed by atoms with Crippen LogP contribution in [0.25, 0.3) is 0 Å². The first-order valence-electron chi connectivity index (χ1n) is 5.54. The van der Waals surface area contributed by atoms with Gasteiger partial charge in [-0.3, -0.25) is 0 Å². The summed E-state index contributed by atoms with van der Waals surface area (Å²) in [5.74, 6) is 0. The van der Waals surface area contributed by atoms with Crippen molar-refractivity contribution in [1.82, 2.24) is 10.2 Å². The Bertz CT molecular complexity index is 184. The Morgan fingerprint density at radius 2 is 2.43 bits per heavy atom. The summed E-state index contributed by atoms with van der Waals surface area (Å²) in [6, 6.07) is 0.322. The molecule has 0 saturated carbocycles. The summed E-state index contributed by atoms with van der Waals surface area (Å²) in [6.45, 7) is 4.34. The summed E-state index contributed by atoms with van der Waals surface area (Å²) in [5.41, 5.74) is 5.60. The molecule has 1 atom stereocenters. The average molecular weight is 199 g/mol. The molecule has 1 saturated heterocycles. The predicted octanol–water partition coefficient (Wildman–Crippen LogP) is 0.919. The van der Waals surface area contributed by atoms with Crippen LogP contribution < -0.4 is 11.1 Å². The highest BCUT2D eigenvalue weighted by Crippen LogP contribution is 2.15. The lowest BCUT2D eigenvalue weighted by molar-refractivity contribution is 0.194. The quantitative estimate of drug-likeness (QED) is 0.661. The summed E-state index contributed by atoms with van der Waals surface area (Å²) < 4.78 is 0. The highest BCUT2D eigenvalue weighted by atomic mass is 16.2. The third-order valence-corrected chi connectivity index (χ3v) is 2.72. The highest BCUT2D eigenvalue weighted by molar-refractivity contribution is 5.74. The molecule has 4 nitrogen and oxygen atoms in total. The third-order valence-electron chi connectivity index (χ3n) is 2.72. The van der Waals surface area contributed by atoms with Gasteiger partial charge in [-0.15, -0.1) is 0 Å². The summed E-state index contributed by atoms with van der Waals surface area (Å²) in [6.07, 6.45) is 4.30. The standard InChI is InChI=1S/C10H21N3O/c1-2-3-6-12-10(14)13-7-4-5-9(13)8-11/h9H,2-8,11H2,1H3,(H,12,14). The maximum Gasteiger partial charge on any atom is 0.317 e. The fraction of sp³-hybridized carbons (Fsp3) is 0.900. The van der Waals surface area contributed by atoms with Crippen LogP contribution in [0.3, 0.4) is 0 Å². The van der Waals surface area contributed by atoms with Crippen molar-refractivity contribution in [3.8, 4) is 0 Å². The molecule has 1 unspecified atom stereocenters. The number of carbonyl (C=O) groups is 1. The molecule has 1 heterocycles. The number of nitrogens with zero attached hydrogens (tertiary/aromatic N) is 1. The van der Waals surface area contributed by atoms with E-state index < -0.39 is 0 Å². The average Bonchev–Trinajstić information content (AvgIpc) is 2.65. The summed E-state index contributed by atoms with van der Waals surface area (Å²) in [5, 5.41) is 2.92. The van der Waals surface area contributed by atoms with Crippen molar-refractivity contribution in [2.75, 3.05) is 19.6 Å². The van der Waals surface area contributed by atoms with E-state index in [9.17, 15) is 4.79 Å². The summed E-state index contributed by atoms with van der Waals surface area (Å²) >= 11 is 0. The van der Waals surface area contributed by atoms with Crippen LogP contribution in [-0.2, 0) is 0 Å². The normalized spacial score (nSPS) is 21.3. The van der Waals surface area contributed by atoms with Gasteiger partial charge in [0.2, 0.25) is 0 Å². The van der Waals surface area contributed by atoms with Crippen molar-refractivity contribution in [3.63, 3.8) is 0 Å². The molecule has 3 N–H and O–H groups in total. The Kier molecular flexibility index (Phi) is 4.73. The summed E-state index contributed by atoms with van der Waals surface area (Å²) in [7, 11) is 0. The van der Waals surface area contributed by atoms with Crippen LogP contribution in [0.5, 0.6) is 0 Å². The maximum atomic E-state index is 11.6. The first-order valence-corrected chi connectivity index (χ1v) is 5.54. The van der Waals surface area contributed by atoms with Crippen LogP contribution in [0.15, 0.2) is 0 Å². The van der Waals surface area contributed by atoms with Gasteiger partial charge in [-0.25, -0.2) is 4.79 Å². The molecule has 14 heavy (non-hydrogen) atoms. The Labute approximate surface area is 85.8 Å². The number of urea groups is 1. The van der Waals surface area contributed by atoms with Crippen molar-refractivity contribution in [3.05, 3.63) is 0 Å². The van der Waals surface area contributed by atoms with Crippen LogP contribution in [0, 0.1) is 0 Å². The second-order valence-corrected chi connectivity index (χ2v) is 3.81. The maximum absolute atomic E-state index is 11.6. The smallest absolute Gasteiger partial charge is 0.317 e. The zero-order valence-electron chi connectivity index (χ0n) is 8.96. The minimum Gasteiger partial charge on any atom is -0.338 e. The van der Waals surface area contributed by atoms with Gasteiger partial charge in [-0.2, -0.15) is 0 Å². The molecule has 0 spiro atoms. The highest BCUT2D eigenvalue weighted by Gasteiger charge is 2.26. The minimum absolute atomic E-state index is 0.0615. The molecule has 1 fully saturated rings. The van der Waals surface area contributed by atoms with E-state index >= 15 is 0 Å². The number of hydrogen-bond donors (Lipinski definition) is 2. The van der Waals surface area contributed by atoms with E-state index in [-0.39, 0.29) is 12.1 Å². The predicted molar refractivity (Wildman–Crippen MR) is 57.1 cm³/mol. The van der Waals surface area contributed by atoms with Crippen molar-refractivity contribution in [1.29, 1.82) is 0 Å². The van der Waals surface area contributed by atoms with Crippen LogP contribution in [-0.4, -0.2) is 36.6 Å². The lowest BCUT2D eigenvalue weighted by Gasteiger charge is -2.23. The monoisotopic (exact) mass is 199 g/mol. The molecule has 1 aliphatic rings. The first kappa shape index (κ1) is 11.3. The molecular weight excluding hydrogens is 178 g/mol. The lowest BCUT2D eigenvalue weighted by atomic mass is 10.2. The summed E-state index contributed by atoms with van der Waals surface area (Å²) in [4.78, 5) is 13.5. The number of likely N-dealkylation sites (tertiary alicyclic amines) is 1. The number of hydrogen-bond acceptors (Lipinski definition) is 2. The number of nitrogens with two attached hydrogens (primary N) is 1. The minimum atomic E-state index is 0.0615. The number of amides is 2. The van der Waals surface area contributed by atoms with Crippen molar-refractivity contribution in [2.24, 2.45) is 5.73 Å². The zero-order chi connectivity index (χ0) is 10.4. The molecule has 82 valence electrons. The van der Waals surface area contributed by atoms with Gasteiger partial charge < -0.3 is 16.0 Å². The van der Waals surface area contributed by atoms with Gasteiger partial charge in [-0.05, 0) is 19.3 Å². The van der Waals surface area contributed by atoms with Gasteiger partial charge in [0, 0.05) is 25.7 Å². The van der Waals surface area contributed by atoms with Gasteiger partial charge >= 0.3 is 6.03 Å². The number of unbranched alkanes of at least 4 members (excludes halogenated alkanes) is 1. The van der Waals surface area contributed by atoms with Gasteiger partial charge in [0.1, 0.15) is 0 Å². The van der Waals surface area contributed by atoms with Crippen LogP contribution in [0.2, 0.25) is 0 Å². The number of rotatable bonds is 4. The van der Waals surface area contributed by atoms with E-state index in [1.807, 2.05) is 4.90 Å². The molecular formula is C10H21N3O. The lowest BCUT2D eigenvalue weighted by Crippen LogP contribution is -2.45. The fourth-order valence-corrected chi connectivity index (χ4v) is 1.82. The molecule has 0 aromatic carbocycles. The van der Waals surface area contributed by atoms with Crippen molar-refractivity contribution < 1.29 is 4.79 Å². The Morgan fingerprint density at radius 3 is 3.07 bits per heavy atom. The molecule has 2 amide bonds. The third kappa shape index (κ3) is 2.87. The van der Waals surface area contributed by atoms with E-state index in [0.717, 1.165) is 38.8 Å². The first-order chi connectivity index (χ1) is 6.79. The van der Waals surface area contributed by atoms with Crippen molar-refractivity contribution >= 4 is 6.03 Å². The number of carbonyl (C=O) groups excluding carboxylic acids is 1. The topological polar surface area (TPSA) is 58.4 Å². The Hall–Kier alpha value is -0.770. The molecule has 0 aromatic heterocycles. The SMILES string of the molecule is CCCCNC(=O)N1CCCC1CN. The van der Waals surface area contributed by atoms with E-state index in [4.69, 9.17) is 5.73 Å². The van der Waals surface area contributed by atoms with Crippen LogP contribution in [0.1, 0.15) is 32.6 Å². The molecule has 0 aliphatic carbocycles. The molecule has 0 radical (unpaired) electrons. The Morgan fingerprint density at radius 1 is 1.64 bits per heavy atom. The second-order valence-electron chi connectivity index (χ2n) is 3.81. The van der Waals surface area contributed by atoms with Crippen LogP contribution in [0.4, 0.5) is 4.79 Å². The van der Waals surface area contributed by atoms with Gasteiger partial charge in [0.05, 0.1) is 0 Å². The fourth-order valence-electron chi connectivity index (χ4n) is 1.82. The van der Waals surface area contributed by atoms with Crippen LogP contribution >= 0.6 is 0 Å². The van der Waals surface area contributed by atoms with E-state index in [2.05, 4.69) is 12.2 Å². The van der Waals surface area contributed by atoms with E-state index in [1.165, 1.54) is 0 Å². The zero-order valence-corrected chi connectivity index (χ0v) is 8.96. The van der Waals surface area contributed by atoms with E-state index in [1.54, 1.807) is 0 Å². The molecule has 0 aromatic rings. The molecule has 1 rings (SSSR count). The van der Waals surface area contributed by atoms with Crippen molar-refractivity contribution in [2.45, 2.75) is 38.6 Å². The Balaban J connectivity index is 2.28. The molecule has 1 aliphatic heterocycles. The molecule has 4 heteroatoms.